The lowest BCUT2D eigenvalue weighted by Gasteiger charge is -2.20. The van der Waals surface area contributed by atoms with E-state index in [1.54, 1.807) is 0 Å². The van der Waals surface area contributed by atoms with Crippen molar-refractivity contribution in [1.29, 1.82) is 0 Å². The molecule has 1 heterocycles. The van der Waals surface area contributed by atoms with E-state index in [4.69, 9.17) is 0 Å². The van der Waals surface area contributed by atoms with Crippen molar-refractivity contribution in [3.63, 3.8) is 0 Å². The van der Waals surface area contributed by atoms with Crippen molar-refractivity contribution in [2.45, 2.75) is 26.3 Å². The van der Waals surface area contributed by atoms with Crippen LogP contribution in [0, 0.1) is 0 Å². The minimum absolute atomic E-state index is 0.360. The van der Waals surface area contributed by atoms with Crippen molar-refractivity contribution in [3.05, 3.63) is 59.8 Å². The lowest BCUT2D eigenvalue weighted by Crippen LogP contribution is -2.22. The van der Waals surface area contributed by atoms with Gasteiger partial charge in [-0.25, -0.2) is 4.98 Å². The highest BCUT2D eigenvalue weighted by Crippen LogP contribution is 2.17. The average Bonchev–Trinajstić information content (AvgIpc) is 2.54. The van der Waals surface area contributed by atoms with Crippen LogP contribution in [0.2, 0.25) is 0 Å². The summed E-state index contributed by atoms with van der Waals surface area (Å²) >= 11 is 0. The van der Waals surface area contributed by atoms with E-state index in [1.165, 1.54) is 11.1 Å². The molecule has 21 heavy (non-hydrogen) atoms. The first-order valence-corrected chi connectivity index (χ1v) is 7.65. The zero-order valence-electron chi connectivity index (χ0n) is 13.2. The molecule has 0 fully saturated rings. The molecule has 0 saturated heterocycles. The fraction of sp³-hybridized carbons (Fsp3) is 0.389. The largest absolute Gasteiger partial charge is 0.359 e. The Morgan fingerprint density at radius 2 is 1.95 bits per heavy atom. The maximum absolute atomic E-state index is 4.49. The van der Waals surface area contributed by atoms with E-state index < -0.39 is 0 Å². The molecule has 0 saturated carbocycles. The van der Waals surface area contributed by atoms with E-state index in [9.17, 15) is 0 Å². The summed E-state index contributed by atoms with van der Waals surface area (Å²) in [5.74, 6) is 1.04. The van der Waals surface area contributed by atoms with Gasteiger partial charge in [0, 0.05) is 25.8 Å². The molecule has 3 nitrogen and oxygen atoms in total. The molecule has 1 atom stereocenters. The predicted octanol–water partition coefficient (Wildman–Crippen LogP) is 3.43. The second kappa shape index (κ2) is 7.79. The van der Waals surface area contributed by atoms with Crippen molar-refractivity contribution in [2.75, 3.05) is 25.0 Å². The summed E-state index contributed by atoms with van der Waals surface area (Å²) in [4.78, 5) is 6.71. The normalized spacial score (nSPS) is 12.1. The highest BCUT2D eigenvalue weighted by Gasteiger charge is 2.08. The molecule has 1 aromatic carbocycles. The van der Waals surface area contributed by atoms with E-state index in [-0.39, 0.29) is 0 Å². The maximum atomic E-state index is 4.49. The average molecular weight is 283 g/mol. The van der Waals surface area contributed by atoms with E-state index in [2.05, 4.69) is 78.6 Å². The van der Waals surface area contributed by atoms with Crippen LogP contribution in [0.3, 0.4) is 0 Å². The number of anilines is 1. The summed E-state index contributed by atoms with van der Waals surface area (Å²) in [6, 6.07) is 15.2. The van der Waals surface area contributed by atoms with E-state index in [0.29, 0.717) is 6.04 Å². The van der Waals surface area contributed by atoms with Crippen molar-refractivity contribution >= 4 is 5.82 Å². The van der Waals surface area contributed by atoms with Gasteiger partial charge in [-0.2, -0.15) is 0 Å². The Hall–Kier alpha value is -1.87. The number of hydrogen-bond acceptors (Lipinski definition) is 3. The van der Waals surface area contributed by atoms with Crippen LogP contribution in [0.15, 0.2) is 48.7 Å². The first kappa shape index (κ1) is 15.5. The van der Waals surface area contributed by atoms with Crippen LogP contribution in [0.1, 0.15) is 31.0 Å². The molecule has 0 radical (unpaired) electrons. The lowest BCUT2D eigenvalue weighted by atomic mass is 10.1. The summed E-state index contributed by atoms with van der Waals surface area (Å²) in [5, 5.41) is 3.44. The molecule has 0 amide bonds. The summed E-state index contributed by atoms with van der Waals surface area (Å²) in [7, 11) is 2.10. The highest BCUT2D eigenvalue weighted by atomic mass is 15.2. The number of pyridine rings is 1. The van der Waals surface area contributed by atoms with Gasteiger partial charge >= 0.3 is 0 Å². The molecule has 0 aliphatic rings. The molecule has 3 heteroatoms. The number of aromatic nitrogens is 1. The molecule has 0 bridgehead atoms. The molecule has 2 rings (SSSR count). The van der Waals surface area contributed by atoms with Gasteiger partial charge in [0.2, 0.25) is 0 Å². The maximum Gasteiger partial charge on any atom is 0.128 e. The molecule has 0 spiro atoms. The van der Waals surface area contributed by atoms with E-state index in [1.807, 2.05) is 6.20 Å². The number of hydrogen-bond donors (Lipinski definition) is 1. The van der Waals surface area contributed by atoms with Crippen LogP contribution in [0.25, 0.3) is 0 Å². The van der Waals surface area contributed by atoms with Gasteiger partial charge in [-0.1, -0.05) is 37.3 Å². The Morgan fingerprint density at radius 3 is 2.67 bits per heavy atom. The summed E-state index contributed by atoms with van der Waals surface area (Å²) in [5.41, 5.74) is 2.65. The number of rotatable bonds is 7. The highest BCUT2D eigenvalue weighted by molar-refractivity contribution is 5.41. The zero-order chi connectivity index (χ0) is 15.1. The third-order valence-electron chi connectivity index (χ3n) is 3.75. The first-order valence-electron chi connectivity index (χ1n) is 7.65. The number of nitrogens with one attached hydrogen (secondary N) is 1. The van der Waals surface area contributed by atoms with Gasteiger partial charge in [-0.3, -0.25) is 0 Å². The Morgan fingerprint density at radius 1 is 1.19 bits per heavy atom. The van der Waals surface area contributed by atoms with Crippen LogP contribution in [0.5, 0.6) is 0 Å². The Labute approximate surface area is 128 Å². The molecule has 1 N–H and O–H groups in total. The fourth-order valence-electron chi connectivity index (χ4n) is 2.39. The SMILES string of the molecule is CCNC(C)c1ccnc(N(C)CCc2ccccc2)c1. The quantitative estimate of drug-likeness (QED) is 0.844. The molecular formula is C18H25N3. The van der Waals surface area contributed by atoms with Crippen LogP contribution in [-0.4, -0.2) is 25.1 Å². The third kappa shape index (κ3) is 4.57. The van der Waals surface area contributed by atoms with E-state index >= 15 is 0 Å². The molecular weight excluding hydrogens is 258 g/mol. The third-order valence-corrected chi connectivity index (χ3v) is 3.75. The van der Waals surface area contributed by atoms with Gasteiger partial charge in [-0.05, 0) is 43.1 Å². The van der Waals surface area contributed by atoms with Gasteiger partial charge in [0.1, 0.15) is 5.82 Å². The fourth-order valence-corrected chi connectivity index (χ4v) is 2.39. The second-order valence-corrected chi connectivity index (χ2v) is 5.38. The van der Waals surface area contributed by atoms with Crippen LogP contribution < -0.4 is 10.2 Å². The number of nitrogens with zero attached hydrogens (tertiary/aromatic N) is 2. The van der Waals surface area contributed by atoms with Crippen LogP contribution in [-0.2, 0) is 6.42 Å². The van der Waals surface area contributed by atoms with Gasteiger partial charge in [0.15, 0.2) is 0 Å². The van der Waals surface area contributed by atoms with Gasteiger partial charge < -0.3 is 10.2 Å². The topological polar surface area (TPSA) is 28.2 Å². The van der Waals surface area contributed by atoms with Gasteiger partial charge in [0.05, 0.1) is 0 Å². The molecule has 0 aliphatic heterocycles. The molecule has 112 valence electrons. The molecule has 1 unspecified atom stereocenters. The monoisotopic (exact) mass is 283 g/mol. The van der Waals surface area contributed by atoms with Crippen molar-refractivity contribution in [2.24, 2.45) is 0 Å². The first-order chi connectivity index (χ1) is 10.2. The van der Waals surface area contributed by atoms with Crippen molar-refractivity contribution < 1.29 is 0 Å². The predicted molar refractivity (Wildman–Crippen MR) is 89.7 cm³/mol. The number of likely N-dealkylation sites (N-methyl/N-ethyl adjacent to an activating group) is 1. The van der Waals surface area contributed by atoms with Crippen LogP contribution >= 0.6 is 0 Å². The molecule has 2 aromatic rings. The number of benzene rings is 1. The lowest BCUT2D eigenvalue weighted by molar-refractivity contribution is 0.597. The van der Waals surface area contributed by atoms with Crippen molar-refractivity contribution in [3.8, 4) is 0 Å². The standard InChI is InChI=1S/C18H25N3/c1-4-19-15(2)17-10-12-20-18(14-17)21(3)13-11-16-8-6-5-7-9-16/h5-10,12,14-15,19H,4,11,13H2,1-3H3. The summed E-state index contributed by atoms with van der Waals surface area (Å²) in [6.07, 6.45) is 2.93. The zero-order valence-corrected chi connectivity index (χ0v) is 13.2. The molecule has 1 aromatic heterocycles. The van der Waals surface area contributed by atoms with Crippen molar-refractivity contribution in [1.82, 2.24) is 10.3 Å². The smallest absolute Gasteiger partial charge is 0.128 e. The van der Waals surface area contributed by atoms with E-state index in [0.717, 1.165) is 25.3 Å². The Balaban J connectivity index is 1.98. The Bertz CT molecular complexity index is 539. The summed E-state index contributed by atoms with van der Waals surface area (Å²) in [6.45, 7) is 6.26. The van der Waals surface area contributed by atoms with Gasteiger partial charge in [-0.15, -0.1) is 0 Å². The molecule has 0 aliphatic carbocycles. The van der Waals surface area contributed by atoms with Crippen LogP contribution in [0.4, 0.5) is 5.82 Å². The second-order valence-electron chi connectivity index (χ2n) is 5.38. The minimum Gasteiger partial charge on any atom is -0.359 e. The van der Waals surface area contributed by atoms with Gasteiger partial charge in [0.25, 0.3) is 0 Å². The minimum atomic E-state index is 0.360. The Kier molecular flexibility index (Phi) is 5.76. The summed E-state index contributed by atoms with van der Waals surface area (Å²) < 4.78 is 0.